The Bertz CT molecular complexity index is 556. The fourth-order valence-electron chi connectivity index (χ4n) is 2.83. The minimum absolute atomic E-state index is 0.835. The van der Waals surface area contributed by atoms with Gasteiger partial charge in [0, 0.05) is 37.9 Å². The van der Waals surface area contributed by atoms with Crippen LogP contribution in [-0.4, -0.2) is 22.9 Å². The minimum Gasteiger partial charge on any atom is -0.354 e. The molecule has 2 heterocycles. The summed E-state index contributed by atoms with van der Waals surface area (Å²) >= 11 is 0. The van der Waals surface area contributed by atoms with E-state index in [9.17, 15) is 9.81 Å². The van der Waals surface area contributed by atoms with Crippen LogP contribution in [-0.2, 0) is 0 Å². The van der Waals surface area contributed by atoms with Gasteiger partial charge in [-0.15, -0.1) is 9.81 Å². The highest BCUT2D eigenvalue weighted by atomic mass is 16.3. The molecule has 0 aromatic carbocycles. The van der Waals surface area contributed by atoms with E-state index < -0.39 is 0 Å². The summed E-state index contributed by atoms with van der Waals surface area (Å²) in [6.07, 6.45) is 25.5. The zero-order valence-corrected chi connectivity index (χ0v) is 15.0. The van der Waals surface area contributed by atoms with Crippen molar-refractivity contribution in [2.45, 2.75) is 38.5 Å². The third-order valence-electron chi connectivity index (χ3n) is 4.32. The van der Waals surface area contributed by atoms with Gasteiger partial charge in [0.15, 0.2) is 0 Å². The molecule has 2 aliphatic rings. The fourth-order valence-corrected chi connectivity index (χ4v) is 2.83. The van der Waals surface area contributed by atoms with Crippen LogP contribution in [0.2, 0.25) is 0 Å². The molecule has 0 aromatic heterocycles. The molecule has 26 heavy (non-hydrogen) atoms. The molecule has 0 saturated heterocycles. The normalized spacial score (nSPS) is 15.5. The molecule has 0 unspecified atom stereocenters. The van der Waals surface area contributed by atoms with E-state index in [1.165, 1.54) is 38.1 Å². The number of hydrogen-bond acceptors (Lipinski definition) is 6. The Balaban J connectivity index is 1.46. The average Bonchev–Trinajstić information content (AvgIpc) is 2.67. The van der Waals surface area contributed by atoms with Crippen molar-refractivity contribution in [3.8, 4) is 0 Å². The van der Waals surface area contributed by atoms with Crippen molar-refractivity contribution in [3.05, 3.63) is 82.5 Å². The number of nitroso groups, excluding NO2 is 2. The van der Waals surface area contributed by atoms with E-state index in [4.69, 9.17) is 0 Å². The van der Waals surface area contributed by atoms with Crippen LogP contribution in [0.4, 0.5) is 0 Å². The van der Waals surface area contributed by atoms with Gasteiger partial charge >= 0.3 is 0 Å². The minimum atomic E-state index is 0.835. The monoisotopic (exact) mass is 354 g/mol. The molecule has 0 spiro atoms. The van der Waals surface area contributed by atoms with Crippen LogP contribution < -0.4 is 0 Å². The van der Waals surface area contributed by atoms with E-state index in [0.717, 1.165) is 37.1 Å². The molecular formula is C20H26N4O2. The van der Waals surface area contributed by atoms with E-state index in [0.29, 0.717) is 0 Å². The Hall–Kier alpha value is -2.76. The number of unbranched alkanes of at least 4 members (excludes halogenated alkanes) is 5. The van der Waals surface area contributed by atoms with Gasteiger partial charge in [-0.3, -0.25) is 0 Å². The van der Waals surface area contributed by atoms with Crippen LogP contribution in [0, 0.1) is 9.81 Å². The van der Waals surface area contributed by atoms with Crippen LogP contribution in [0.5, 0.6) is 0 Å². The highest BCUT2D eigenvalue weighted by molar-refractivity contribution is 5.33. The van der Waals surface area contributed by atoms with E-state index in [1.54, 1.807) is 0 Å². The van der Waals surface area contributed by atoms with Gasteiger partial charge in [-0.2, -0.15) is 0 Å². The van der Waals surface area contributed by atoms with Crippen LogP contribution >= 0.6 is 0 Å². The highest BCUT2D eigenvalue weighted by Crippen LogP contribution is 2.13. The van der Waals surface area contributed by atoms with Crippen molar-refractivity contribution in [3.63, 3.8) is 0 Å². The molecule has 2 rings (SSSR count). The maximum atomic E-state index is 10.2. The van der Waals surface area contributed by atoms with E-state index in [-0.39, 0.29) is 0 Å². The second-order valence-corrected chi connectivity index (χ2v) is 6.33. The van der Waals surface area contributed by atoms with Gasteiger partial charge in [-0.05, 0) is 58.6 Å². The molecule has 6 heteroatoms. The molecule has 2 aliphatic heterocycles. The predicted octanol–water partition coefficient (Wildman–Crippen LogP) is 5.31. The summed E-state index contributed by atoms with van der Waals surface area (Å²) in [7, 11) is 0. The lowest BCUT2D eigenvalue weighted by Crippen LogP contribution is -2.13. The quantitative estimate of drug-likeness (QED) is 0.372. The van der Waals surface area contributed by atoms with Crippen molar-refractivity contribution in [2.75, 3.05) is 13.1 Å². The topological polar surface area (TPSA) is 65.3 Å². The van der Waals surface area contributed by atoms with E-state index in [2.05, 4.69) is 20.2 Å². The first-order chi connectivity index (χ1) is 12.8. The number of rotatable bonds is 11. The van der Waals surface area contributed by atoms with Crippen LogP contribution in [0.15, 0.2) is 83.0 Å². The lowest BCUT2D eigenvalue weighted by atomic mass is 10.1. The van der Waals surface area contributed by atoms with Crippen molar-refractivity contribution in [1.82, 2.24) is 9.80 Å². The molecule has 0 bridgehead atoms. The van der Waals surface area contributed by atoms with E-state index in [1.807, 2.05) is 49.1 Å². The first-order valence-electron chi connectivity index (χ1n) is 9.11. The van der Waals surface area contributed by atoms with Crippen molar-refractivity contribution in [2.24, 2.45) is 10.4 Å². The third-order valence-corrected chi connectivity index (χ3v) is 4.32. The zero-order valence-electron chi connectivity index (χ0n) is 15.0. The summed E-state index contributed by atoms with van der Waals surface area (Å²) in [5.74, 6) is 0. The van der Waals surface area contributed by atoms with Gasteiger partial charge in [0.05, 0.1) is 12.4 Å². The first-order valence-corrected chi connectivity index (χ1v) is 9.11. The lowest BCUT2D eigenvalue weighted by molar-refractivity contribution is 0.447. The molecule has 138 valence electrons. The molecule has 0 radical (unpaired) electrons. The van der Waals surface area contributed by atoms with Crippen molar-refractivity contribution < 1.29 is 0 Å². The van der Waals surface area contributed by atoms with Crippen molar-refractivity contribution >= 4 is 0 Å². The van der Waals surface area contributed by atoms with Gasteiger partial charge in [0.1, 0.15) is 0 Å². The summed E-state index contributed by atoms with van der Waals surface area (Å²) in [5.41, 5.74) is 1.67. The second kappa shape index (κ2) is 11.7. The molecular weight excluding hydrogens is 328 g/mol. The SMILES string of the molecule is O=NC=C1C=CN(CCCCCCCCN2C=CC(=CN=O)C=C2)C=C1. The first kappa shape index (κ1) is 19.6. The van der Waals surface area contributed by atoms with Crippen LogP contribution in [0.3, 0.4) is 0 Å². The zero-order chi connectivity index (χ0) is 18.5. The molecule has 0 saturated carbocycles. The van der Waals surface area contributed by atoms with Crippen LogP contribution in [0.25, 0.3) is 0 Å². The van der Waals surface area contributed by atoms with Crippen molar-refractivity contribution in [1.29, 1.82) is 0 Å². The second-order valence-electron chi connectivity index (χ2n) is 6.33. The molecule has 0 fully saturated rings. The maximum absolute atomic E-state index is 10.2. The Kier molecular flexibility index (Phi) is 8.83. The molecule has 0 aromatic rings. The Morgan fingerprint density at radius 2 is 0.962 bits per heavy atom. The maximum Gasteiger partial charge on any atom is 0.0788 e. The summed E-state index contributed by atoms with van der Waals surface area (Å²) < 4.78 is 0. The Morgan fingerprint density at radius 1 is 0.615 bits per heavy atom. The molecule has 6 nitrogen and oxygen atoms in total. The Labute approximate surface area is 154 Å². The number of nitrogens with zero attached hydrogens (tertiary/aromatic N) is 4. The standard InChI is InChI=1S/C20H26N4O2/c25-21-17-19-7-13-23(14-8-19)11-5-3-1-2-4-6-12-24-15-9-20(10-16-24)18-22-26/h7-10,13-18H,1-6,11-12H2. The summed E-state index contributed by atoms with van der Waals surface area (Å²) in [4.78, 5) is 24.6. The molecule has 0 N–H and O–H groups in total. The van der Waals surface area contributed by atoms with Crippen LogP contribution in [0.1, 0.15) is 38.5 Å². The average molecular weight is 354 g/mol. The largest absolute Gasteiger partial charge is 0.354 e. The molecule has 0 atom stereocenters. The summed E-state index contributed by atoms with van der Waals surface area (Å²) in [5, 5.41) is 5.55. The third kappa shape index (κ3) is 7.42. The van der Waals surface area contributed by atoms with Gasteiger partial charge in [0.2, 0.25) is 0 Å². The Morgan fingerprint density at radius 3 is 1.31 bits per heavy atom. The summed E-state index contributed by atoms with van der Waals surface area (Å²) in [6, 6.07) is 0. The smallest absolute Gasteiger partial charge is 0.0788 e. The highest BCUT2D eigenvalue weighted by Gasteiger charge is 2.02. The van der Waals surface area contributed by atoms with Gasteiger partial charge in [0.25, 0.3) is 0 Å². The molecule has 0 aliphatic carbocycles. The van der Waals surface area contributed by atoms with Gasteiger partial charge in [-0.1, -0.05) is 25.7 Å². The summed E-state index contributed by atoms with van der Waals surface area (Å²) in [6.45, 7) is 2.01. The number of hydrogen-bond donors (Lipinski definition) is 0. The van der Waals surface area contributed by atoms with E-state index >= 15 is 0 Å². The lowest BCUT2D eigenvalue weighted by Gasteiger charge is -2.19. The molecule has 0 amide bonds. The fraction of sp³-hybridized carbons (Fsp3) is 0.400. The number of allylic oxidation sites excluding steroid dienone is 6. The van der Waals surface area contributed by atoms with Gasteiger partial charge < -0.3 is 9.80 Å². The predicted molar refractivity (Wildman–Crippen MR) is 105 cm³/mol. The van der Waals surface area contributed by atoms with Gasteiger partial charge in [-0.25, -0.2) is 0 Å².